The molecule has 2 rings (SSSR count). The van der Waals surface area contributed by atoms with Gasteiger partial charge in [-0.3, -0.25) is 4.79 Å². The Kier molecular flexibility index (Phi) is 6.41. The highest BCUT2D eigenvalue weighted by molar-refractivity contribution is 9.10. The Morgan fingerprint density at radius 1 is 1.43 bits per heavy atom. The summed E-state index contributed by atoms with van der Waals surface area (Å²) in [5, 5.41) is 6.10. The molecule has 1 aliphatic heterocycles. The standard InChI is InChI=1S/C16H21BrN2O4/c1-3-12(17)15(20)19-13-5-4-10(16(21)22-2)8-14(13)18-9-11-6-7-23-11/h4-5,8,11-12,18H,3,6-7,9H2,1-2H3,(H,19,20). The molecule has 6 nitrogen and oxygen atoms in total. The fraction of sp³-hybridized carbons (Fsp3) is 0.500. The average Bonchev–Trinajstić information content (AvgIpc) is 2.52. The molecule has 2 atom stereocenters. The summed E-state index contributed by atoms with van der Waals surface area (Å²) in [5.74, 6) is -0.543. The molecule has 1 aliphatic rings. The molecule has 1 heterocycles. The maximum absolute atomic E-state index is 12.1. The fourth-order valence-corrected chi connectivity index (χ4v) is 2.22. The number of anilines is 2. The minimum atomic E-state index is -0.419. The van der Waals surface area contributed by atoms with Crippen LogP contribution in [-0.2, 0) is 14.3 Å². The lowest BCUT2D eigenvalue weighted by Crippen LogP contribution is -2.33. The molecular weight excluding hydrogens is 364 g/mol. The van der Waals surface area contributed by atoms with Crippen molar-refractivity contribution in [2.45, 2.75) is 30.7 Å². The summed E-state index contributed by atoms with van der Waals surface area (Å²) < 4.78 is 10.1. The molecule has 1 aromatic rings. The molecule has 0 saturated carbocycles. The van der Waals surface area contributed by atoms with E-state index in [0.717, 1.165) is 13.0 Å². The van der Waals surface area contributed by atoms with Gasteiger partial charge in [0, 0.05) is 13.2 Å². The molecule has 1 fully saturated rings. The third kappa shape index (κ3) is 4.68. The Labute approximate surface area is 144 Å². The zero-order chi connectivity index (χ0) is 16.8. The Balaban J connectivity index is 2.16. The Hall–Kier alpha value is -1.60. The first-order valence-electron chi connectivity index (χ1n) is 7.58. The predicted molar refractivity (Wildman–Crippen MR) is 92.3 cm³/mol. The molecular formula is C16H21BrN2O4. The van der Waals surface area contributed by atoms with E-state index in [1.807, 2.05) is 6.92 Å². The third-order valence-electron chi connectivity index (χ3n) is 3.66. The maximum atomic E-state index is 12.1. The number of benzene rings is 1. The molecule has 126 valence electrons. The van der Waals surface area contributed by atoms with Gasteiger partial charge in [0.15, 0.2) is 0 Å². The SMILES string of the molecule is CCC(Br)C(=O)Nc1ccc(C(=O)OC)cc1NCC1CCO1. The molecule has 2 unspecified atom stereocenters. The second kappa shape index (κ2) is 8.31. The highest BCUT2D eigenvalue weighted by Gasteiger charge is 2.20. The van der Waals surface area contributed by atoms with Gasteiger partial charge in [-0.2, -0.15) is 0 Å². The normalized spacial score (nSPS) is 17.8. The van der Waals surface area contributed by atoms with Crippen LogP contribution in [0.15, 0.2) is 18.2 Å². The predicted octanol–water partition coefficient (Wildman–Crippen LogP) is 2.79. The van der Waals surface area contributed by atoms with E-state index in [1.165, 1.54) is 7.11 Å². The number of hydrogen-bond donors (Lipinski definition) is 2. The van der Waals surface area contributed by atoms with Crippen LogP contribution in [0.3, 0.4) is 0 Å². The second-order valence-corrected chi connectivity index (χ2v) is 6.38. The van der Waals surface area contributed by atoms with Crippen LogP contribution in [0, 0.1) is 0 Å². The number of hydrogen-bond acceptors (Lipinski definition) is 5. The molecule has 0 bridgehead atoms. The van der Waals surface area contributed by atoms with E-state index in [2.05, 4.69) is 26.6 Å². The van der Waals surface area contributed by atoms with Gasteiger partial charge in [0.25, 0.3) is 0 Å². The quantitative estimate of drug-likeness (QED) is 0.558. The third-order valence-corrected chi connectivity index (χ3v) is 4.72. The smallest absolute Gasteiger partial charge is 0.337 e. The number of ether oxygens (including phenoxy) is 2. The van der Waals surface area contributed by atoms with Crippen LogP contribution < -0.4 is 10.6 Å². The molecule has 0 radical (unpaired) electrons. The topological polar surface area (TPSA) is 76.7 Å². The van der Waals surface area contributed by atoms with E-state index in [9.17, 15) is 9.59 Å². The lowest BCUT2D eigenvalue weighted by atomic mass is 10.1. The first-order chi connectivity index (χ1) is 11.0. The molecule has 23 heavy (non-hydrogen) atoms. The summed E-state index contributed by atoms with van der Waals surface area (Å²) in [6.45, 7) is 3.32. The zero-order valence-corrected chi connectivity index (χ0v) is 14.8. The summed E-state index contributed by atoms with van der Waals surface area (Å²) in [6.07, 6.45) is 1.86. The summed E-state index contributed by atoms with van der Waals surface area (Å²) in [6, 6.07) is 5.00. The van der Waals surface area contributed by atoms with Gasteiger partial charge >= 0.3 is 5.97 Å². The van der Waals surface area contributed by atoms with E-state index in [-0.39, 0.29) is 16.8 Å². The fourth-order valence-electron chi connectivity index (χ4n) is 2.11. The maximum Gasteiger partial charge on any atom is 0.337 e. The van der Waals surface area contributed by atoms with Crippen molar-refractivity contribution < 1.29 is 19.1 Å². The van der Waals surface area contributed by atoms with Gasteiger partial charge in [-0.1, -0.05) is 22.9 Å². The highest BCUT2D eigenvalue weighted by Crippen LogP contribution is 2.26. The van der Waals surface area contributed by atoms with Crippen LogP contribution in [0.2, 0.25) is 0 Å². The van der Waals surface area contributed by atoms with Gasteiger partial charge in [0.05, 0.1) is 35.0 Å². The van der Waals surface area contributed by atoms with Crippen LogP contribution >= 0.6 is 15.9 Å². The van der Waals surface area contributed by atoms with Crippen molar-refractivity contribution in [3.05, 3.63) is 23.8 Å². The van der Waals surface area contributed by atoms with E-state index < -0.39 is 5.97 Å². The number of nitrogens with one attached hydrogen (secondary N) is 2. The van der Waals surface area contributed by atoms with Crippen molar-refractivity contribution in [3.8, 4) is 0 Å². The Morgan fingerprint density at radius 2 is 2.17 bits per heavy atom. The summed E-state index contributed by atoms with van der Waals surface area (Å²) >= 11 is 3.33. The number of carbonyl (C=O) groups excluding carboxylic acids is 2. The van der Waals surface area contributed by atoms with Gasteiger partial charge in [0.2, 0.25) is 5.91 Å². The molecule has 0 spiro atoms. The van der Waals surface area contributed by atoms with Gasteiger partial charge < -0.3 is 20.1 Å². The number of rotatable bonds is 7. The lowest BCUT2D eigenvalue weighted by molar-refractivity contribution is -0.115. The van der Waals surface area contributed by atoms with Crippen molar-refractivity contribution in [1.82, 2.24) is 0 Å². The van der Waals surface area contributed by atoms with E-state index in [4.69, 9.17) is 9.47 Å². The first-order valence-corrected chi connectivity index (χ1v) is 8.49. The summed E-state index contributed by atoms with van der Waals surface area (Å²) in [7, 11) is 1.34. The molecule has 1 aromatic carbocycles. The summed E-state index contributed by atoms with van der Waals surface area (Å²) in [4.78, 5) is 23.5. The minimum absolute atomic E-state index is 0.124. The minimum Gasteiger partial charge on any atom is -0.465 e. The van der Waals surface area contributed by atoms with Crippen LogP contribution in [0.25, 0.3) is 0 Å². The lowest BCUT2D eigenvalue weighted by Gasteiger charge is -2.27. The van der Waals surface area contributed by atoms with Crippen LogP contribution in [0.5, 0.6) is 0 Å². The van der Waals surface area contributed by atoms with E-state index in [0.29, 0.717) is 29.9 Å². The molecule has 1 saturated heterocycles. The van der Waals surface area contributed by atoms with Crippen LogP contribution in [0.1, 0.15) is 30.1 Å². The second-order valence-electron chi connectivity index (χ2n) is 5.28. The number of amides is 1. The molecule has 1 amide bonds. The summed E-state index contributed by atoms with van der Waals surface area (Å²) in [5.41, 5.74) is 1.72. The van der Waals surface area contributed by atoms with Crippen molar-refractivity contribution in [3.63, 3.8) is 0 Å². The van der Waals surface area contributed by atoms with Crippen molar-refractivity contribution >= 4 is 39.2 Å². The van der Waals surface area contributed by atoms with Gasteiger partial charge in [-0.25, -0.2) is 4.79 Å². The van der Waals surface area contributed by atoms with E-state index >= 15 is 0 Å². The van der Waals surface area contributed by atoms with Crippen LogP contribution in [0.4, 0.5) is 11.4 Å². The largest absolute Gasteiger partial charge is 0.465 e. The van der Waals surface area contributed by atoms with Gasteiger partial charge in [-0.15, -0.1) is 0 Å². The van der Waals surface area contributed by atoms with Gasteiger partial charge in [0.1, 0.15) is 0 Å². The average molecular weight is 385 g/mol. The van der Waals surface area contributed by atoms with Crippen molar-refractivity contribution in [2.24, 2.45) is 0 Å². The Morgan fingerprint density at radius 3 is 2.74 bits per heavy atom. The number of carbonyl (C=O) groups is 2. The first kappa shape index (κ1) is 17.7. The Bertz CT molecular complexity index is 575. The number of methoxy groups -OCH3 is 1. The van der Waals surface area contributed by atoms with Crippen molar-refractivity contribution in [1.29, 1.82) is 0 Å². The molecule has 7 heteroatoms. The molecule has 0 aromatic heterocycles. The zero-order valence-electron chi connectivity index (χ0n) is 13.2. The van der Waals surface area contributed by atoms with E-state index in [1.54, 1.807) is 18.2 Å². The molecule has 2 N–H and O–H groups in total. The highest BCUT2D eigenvalue weighted by atomic mass is 79.9. The van der Waals surface area contributed by atoms with Crippen LogP contribution in [-0.4, -0.2) is 43.1 Å². The van der Waals surface area contributed by atoms with Crippen molar-refractivity contribution in [2.75, 3.05) is 30.9 Å². The molecule has 0 aliphatic carbocycles. The number of halogens is 1. The number of alkyl halides is 1. The van der Waals surface area contributed by atoms with Gasteiger partial charge in [-0.05, 0) is 31.0 Å². The number of esters is 1. The monoisotopic (exact) mass is 384 g/mol.